The van der Waals surface area contributed by atoms with Gasteiger partial charge in [-0.05, 0) is 29.7 Å². The lowest BCUT2D eigenvalue weighted by molar-refractivity contribution is -0.387. The SMILES string of the molecule is COc1ccc(S(=O)(=O)Nc2ccccc2C(C)C)c([N+](=O)[O-])c1. The number of benzene rings is 2. The van der Waals surface area contributed by atoms with Crippen LogP contribution in [0.25, 0.3) is 0 Å². The van der Waals surface area contributed by atoms with Gasteiger partial charge >= 0.3 is 0 Å². The molecule has 0 heterocycles. The Bertz CT molecular complexity index is 863. The smallest absolute Gasteiger partial charge is 0.293 e. The van der Waals surface area contributed by atoms with Gasteiger partial charge in [0, 0.05) is 0 Å². The van der Waals surface area contributed by atoms with Gasteiger partial charge in [-0.2, -0.15) is 0 Å². The number of para-hydroxylation sites is 1. The van der Waals surface area contributed by atoms with Crippen molar-refractivity contribution >= 4 is 21.4 Å². The van der Waals surface area contributed by atoms with Gasteiger partial charge in [0.2, 0.25) is 0 Å². The molecule has 2 aromatic rings. The molecule has 0 aliphatic heterocycles. The number of anilines is 1. The molecule has 2 aromatic carbocycles. The number of ether oxygens (including phenoxy) is 1. The van der Waals surface area contributed by atoms with Crippen molar-refractivity contribution < 1.29 is 18.1 Å². The van der Waals surface area contributed by atoms with E-state index in [0.717, 1.165) is 17.7 Å². The molecule has 128 valence electrons. The van der Waals surface area contributed by atoms with Crippen LogP contribution in [0.15, 0.2) is 47.4 Å². The highest BCUT2D eigenvalue weighted by molar-refractivity contribution is 7.92. The summed E-state index contributed by atoms with van der Waals surface area (Å²) in [4.78, 5) is 10.1. The van der Waals surface area contributed by atoms with Crippen LogP contribution in [0.2, 0.25) is 0 Å². The van der Waals surface area contributed by atoms with E-state index in [4.69, 9.17) is 4.74 Å². The van der Waals surface area contributed by atoms with Crippen molar-refractivity contribution in [1.82, 2.24) is 0 Å². The Morgan fingerprint density at radius 1 is 1.17 bits per heavy atom. The normalized spacial score (nSPS) is 11.3. The third kappa shape index (κ3) is 3.65. The van der Waals surface area contributed by atoms with Gasteiger partial charge < -0.3 is 4.74 Å². The molecule has 7 nitrogen and oxygen atoms in total. The van der Waals surface area contributed by atoms with Crippen molar-refractivity contribution in [2.45, 2.75) is 24.7 Å². The quantitative estimate of drug-likeness (QED) is 0.635. The summed E-state index contributed by atoms with van der Waals surface area (Å²) in [6.07, 6.45) is 0. The zero-order valence-electron chi connectivity index (χ0n) is 13.5. The molecule has 0 saturated heterocycles. The summed E-state index contributed by atoms with van der Waals surface area (Å²) in [5, 5.41) is 11.2. The molecule has 2 rings (SSSR count). The summed E-state index contributed by atoms with van der Waals surface area (Å²) in [6.45, 7) is 3.87. The Labute approximate surface area is 140 Å². The summed E-state index contributed by atoms with van der Waals surface area (Å²) in [6, 6.07) is 10.6. The lowest BCUT2D eigenvalue weighted by Crippen LogP contribution is -2.16. The Hall–Kier alpha value is -2.61. The van der Waals surface area contributed by atoms with Crippen LogP contribution in [0.1, 0.15) is 25.3 Å². The Morgan fingerprint density at radius 3 is 2.42 bits per heavy atom. The van der Waals surface area contributed by atoms with Gasteiger partial charge in [0.15, 0.2) is 4.90 Å². The minimum atomic E-state index is -4.12. The van der Waals surface area contributed by atoms with Crippen molar-refractivity contribution in [2.75, 3.05) is 11.8 Å². The molecule has 1 N–H and O–H groups in total. The fraction of sp³-hybridized carbons (Fsp3) is 0.250. The summed E-state index contributed by atoms with van der Waals surface area (Å²) in [5.41, 5.74) is 0.665. The van der Waals surface area contributed by atoms with Gasteiger partial charge in [0.05, 0.1) is 23.8 Å². The lowest BCUT2D eigenvalue weighted by Gasteiger charge is -2.15. The van der Waals surface area contributed by atoms with Crippen molar-refractivity contribution in [3.63, 3.8) is 0 Å². The fourth-order valence-corrected chi connectivity index (χ4v) is 3.53. The molecule has 0 radical (unpaired) electrons. The van der Waals surface area contributed by atoms with Crippen molar-refractivity contribution in [3.05, 3.63) is 58.1 Å². The average molecular weight is 350 g/mol. The summed E-state index contributed by atoms with van der Waals surface area (Å²) in [5.74, 6) is 0.304. The summed E-state index contributed by atoms with van der Waals surface area (Å²) in [7, 11) is -2.77. The molecular weight excluding hydrogens is 332 g/mol. The van der Waals surface area contributed by atoms with Crippen LogP contribution in [0, 0.1) is 10.1 Å². The minimum absolute atomic E-state index is 0.0924. The highest BCUT2D eigenvalue weighted by atomic mass is 32.2. The molecule has 8 heteroatoms. The molecule has 24 heavy (non-hydrogen) atoms. The molecule has 0 spiro atoms. The van der Waals surface area contributed by atoms with E-state index in [9.17, 15) is 18.5 Å². The molecule has 0 unspecified atom stereocenters. The van der Waals surface area contributed by atoms with Crippen LogP contribution in [-0.4, -0.2) is 20.5 Å². The number of hydrogen-bond donors (Lipinski definition) is 1. The number of nitro benzene ring substituents is 1. The van der Waals surface area contributed by atoms with Crippen LogP contribution in [-0.2, 0) is 10.0 Å². The first-order chi connectivity index (χ1) is 11.3. The first-order valence-corrected chi connectivity index (χ1v) is 8.68. The maximum Gasteiger partial charge on any atom is 0.293 e. The van der Waals surface area contributed by atoms with E-state index in [2.05, 4.69) is 4.72 Å². The molecule has 0 fully saturated rings. The number of nitro groups is 1. The second-order valence-corrected chi connectivity index (χ2v) is 7.09. The van der Waals surface area contributed by atoms with E-state index < -0.39 is 25.5 Å². The predicted molar refractivity (Wildman–Crippen MR) is 91.0 cm³/mol. The monoisotopic (exact) mass is 350 g/mol. The number of hydrogen-bond acceptors (Lipinski definition) is 5. The van der Waals surface area contributed by atoms with E-state index in [0.29, 0.717) is 5.69 Å². The third-order valence-corrected chi connectivity index (χ3v) is 4.89. The largest absolute Gasteiger partial charge is 0.497 e. The van der Waals surface area contributed by atoms with E-state index >= 15 is 0 Å². The maximum absolute atomic E-state index is 12.6. The number of rotatable bonds is 6. The second-order valence-electron chi connectivity index (χ2n) is 5.44. The van der Waals surface area contributed by atoms with Crippen LogP contribution >= 0.6 is 0 Å². The summed E-state index contributed by atoms with van der Waals surface area (Å²) >= 11 is 0. The maximum atomic E-state index is 12.6. The molecule has 0 atom stereocenters. The van der Waals surface area contributed by atoms with E-state index in [1.54, 1.807) is 12.1 Å². The Kier molecular flexibility index (Phi) is 5.08. The topological polar surface area (TPSA) is 98.5 Å². The predicted octanol–water partition coefficient (Wildman–Crippen LogP) is 3.53. The Morgan fingerprint density at radius 2 is 1.83 bits per heavy atom. The zero-order chi connectivity index (χ0) is 17.9. The lowest BCUT2D eigenvalue weighted by atomic mass is 10.0. The molecule has 0 amide bonds. The van der Waals surface area contributed by atoms with Crippen LogP contribution in [0.5, 0.6) is 5.75 Å². The first-order valence-electron chi connectivity index (χ1n) is 7.20. The number of methoxy groups -OCH3 is 1. The van der Waals surface area contributed by atoms with Crippen LogP contribution in [0.3, 0.4) is 0 Å². The van der Waals surface area contributed by atoms with Gasteiger partial charge in [0.25, 0.3) is 15.7 Å². The highest BCUT2D eigenvalue weighted by Gasteiger charge is 2.27. The van der Waals surface area contributed by atoms with Crippen LogP contribution in [0.4, 0.5) is 11.4 Å². The van der Waals surface area contributed by atoms with Crippen LogP contribution < -0.4 is 9.46 Å². The standard InChI is InChI=1S/C16H18N2O5S/c1-11(2)13-6-4-5-7-14(13)17-24(21,22)16-9-8-12(23-3)10-15(16)18(19)20/h4-11,17H,1-3H3. The zero-order valence-corrected chi connectivity index (χ0v) is 14.3. The molecule has 0 saturated carbocycles. The highest BCUT2D eigenvalue weighted by Crippen LogP contribution is 2.31. The van der Waals surface area contributed by atoms with Crippen molar-refractivity contribution in [2.24, 2.45) is 0 Å². The second kappa shape index (κ2) is 6.88. The molecular formula is C16H18N2O5S. The number of sulfonamides is 1. The first kappa shape index (κ1) is 17.7. The average Bonchev–Trinajstić information content (AvgIpc) is 2.54. The third-order valence-electron chi connectivity index (χ3n) is 3.48. The van der Waals surface area contributed by atoms with Gasteiger partial charge in [-0.1, -0.05) is 32.0 Å². The van der Waals surface area contributed by atoms with Gasteiger partial charge in [-0.3, -0.25) is 14.8 Å². The number of nitrogens with one attached hydrogen (secondary N) is 1. The van der Waals surface area contributed by atoms with Gasteiger partial charge in [0.1, 0.15) is 5.75 Å². The van der Waals surface area contributed by atoms with E-state index in [1.165, 1.54) is 13.2 Å². The molecule has 0 bridgehead atoms. The number of nitrogens with zero attached hydrogens (tertiary/aromatic N) is 1. The molecule has 0 aliphatic carbocycles. The minimum Gasteiger partial charge on any atom is -0.497 e. The van der Waals surface area contributed by atoms with Gasteiger partial charge in [-0.25, -0.2) is 8.42 Å². The summed E-state index contributed by atoms with van der Waals surface area (Å²) < 4.78 is 32.7. The van der Waals surface area contributed by atoms with E-state index in [-0.39, 0.29) is 11.7 Å². The Balaban J connectivity index is 2.51. The van der Waals surface area contributed by atoms with Crippen molar-refractivity contribution in [1.29, 1.82) is 0 Å². The van der Waals surface area contributed by atoms with Gasteiger partial charge in [-0.15, -0.1) is 0 Å². The fourth-order valence-electron chi connectivity index (χ4n) is 2.29. The van der Waals surface area contributed by atoms with Crippen molar-refractivity contribution in [3.8, 4) is 5.75 Å². The molecule has 0 aliphatic rings. The molecule has 0 aromatic heterocycles. The van der Waals surface area contributed by atoms with E-state index in [1.807, 2.05) is 26.0 Å².